The molecule has 0 saturated carbocycles. The fraction of sp³-hybridized carbons (Fsp3) is 0.300. The highest BCUT2D eigenvalue weighted by molar-refractivity contribution is 7.89. The summed E-state index contributed by atoms with van der Waals surface area (Å²) < 4.78 is 24.7. The van der Waals surface area contributed by atoms with E-state index >= 15 is 0 Å². The summed E-state index contributed by atoms with van der Waals surface area (Å²) in [5.74, 6) is 5.38. The minimum absolute atomic E-state index is 0.126. The quantitative estimate of drug-likeness (QED) is 0.715. The van der Waals surface area contributed by atoms with Gasteiger partial charge >= 0.3 is 0 Å². The molecule has 0 unspecified atom stereocenters. The molecule has 1 aromatic rings. The molecule has 6 heteroatoms. The van der Waals surface area contributed by atoms with Crippen molar-refractivity contribution in [2.75, 3.05) is 20.6 Å². The molecule has 0 fully saturated rings. The van der Waals surface area contributed by atoms with Crippen molar-refractivity contribution in [1.82, 2.24) is 9.29 Å². The topological polar surface area (TPSA) is 76.3 Å². The third-order valence-electron chi connectivity index (χ3n) is 1.83. The second-order valence-electron chi connectivity index (χ2n) is 3.20. The lowest BCUT2D eigenvalue weighted by Gasteiger charge is -2.10. The summed E-state index contributed by atoms with van der Waals surface area (Å²) in [6.45, 7) is 0.227. The number of hydrogen-bond acceptors (Lipinski definition) is 4. The van der Waals surface area contributed by atoms with Gasteiger partial charge in [0.05, 0.1) is 6.54 Å². The Balaban J connectivity index is 3.18. The van der Waals surface area contributed by atoms with Gasteiger partial charge in [0, 0.05) is 32.1 Å². The number of rotatable bonds is 2. The van der Waals surface area contributed by atoms with Crippen LogP contribution in [0, 0.1) is 11.8 Å². The first kappa shape index (κ1) is 12.6. The zero-order valence-corrected chi connectivity index (χ0v) is 9.95. The van der Waals surface area contributed by atoms with E-state index in [0.29, 0.717) is 5.56 Å². The summed E-state index contributed by atoms with van der Waals surface area (Å²) in [4.78, 5) is 3.96. The Morgan fingerprint density at radius 3 is 2.69 bits per heavy atom. The van der Waals surface area contributed by atoms with E-state index in [9.17, 15) is 8.42 Å². The van der Waals surface area contributed by atoms with E-state index in [2.05, 4.69) is 16.8 Å². The second-order valence-corrected chi connectivity index (χ2v) is 5.35. The number of hydrogen-bond donors (Lipinski definition) is 1. The van der Waals surface area contributed by atoms with Gasteiger partial charge in [0.2, 0.25) is 10.0 Å². The normalized spacial score (nSPS) is 11.0. The number of nitrogens with zero attached hydrogens (tertiary/aromatic N) is 2. The number of aromatic nitrogens is 1. The molecule has 0 spiro atoms. The Labute approximate surface area is 95.3 Å². The molecule has 0 amide bonds. The first-order chi connectivity index (χ1) is 7.48. The van der Waals surface area contributed by atoms with Gasteiger partial charge in [-0.15, -0.1) is 0 Å². The fourth-order valence-corrected chi connectivity index (χ4v) is 1.88. The number of nitrogens with two attached hydrogens (primary N) is 1. The van der Waals surface area contributed by atoms with Gasteiger partial charge in [-0.05, 0) is 6.07 Å². The SMILES string of the molecule is CN(C)S(=O)(=O)c1cncc(C#CCN)c1. The van der Waals surface area contributed by atoms with Gasteiger partial charge < -0.3 is 5.73 Å². The highest BCUT2D eigenvalue weighted by Gasteiger charge is 2.17. The lowest BCUT2D eigenvalue weighted by Crippen LogP contribution is -2.22. The first-order valence-corrected chi connectivity index (χ1v) is 5.99. The molecule has 1 heterocycles. The Morgan fingerprint density at radius 2 is 2.12 bits per heavy atom. The van der Waals surface area contributed by atoms with Crippen molar-refractivity contribution in [1.29, 1.82) is 0 Å². The zero-order chi connectivity index (χ0) is 12.2. The van der Waals surface area contributed by atoms with E-state index in [1.165, 1.54) is 32.6 Å². The summed E-state index contributed by atoms with van der Waals surface area (Å²) in [7, 11) is -0.521. The average Bonchev–Trinajstić information content (AvgIpc) is 2.26. The van der Waals surface area contributed by atoms with Crippen LogP contribution >= 0.6 is 0 Å². The van der Waals surface area contributed by atoms with Crippen molar-refractivity contribution < 1.29 is 8.42 Å². The van der Waals surface area contributed by atoms with Crippen LogP contribution in [-0.4, -0.2) is 38.3 Å². The van der Waals surface area contributed by atoms with Crippen LogP contribution < -0.4 is 5.73 Å². The van der Waals surface area contributed by atoms with Gasteiger partial charge in [-0.25, -0.2) is 12.7 Å². The van der Waals surface area contributed by atoms with Crippen LogP contribution in [0.25, 0.3) is 0 Å². The molecular weight excluding hydrogens is 226 g/mol. The number of sulfonamides is 1. The first-order valence-electron chi connectivity index (χ1n) is 4.55. The molecule has 0 aliphatic heterocycles. The van der Waals surface area contributed by atoms with E-state index in [1.807, 2.05) is 0 Å². The van der Waals surface area contributed by atoms with E-state index < -0.39 is 10.0 Å². The van der Waals surface area contributed by atoms with Crippen LogP contribution in [0.15, 0.2) is 23.4 Å². The van der Waals surface area contributed by atoms with Gasteiger partial charge in [-0.2, -0.15) is 0 Å². The van der Waals surface area contributed by atoms with E-state index in [1.54, 1.807) is 0 Å². The van der Waals surface area contributed by atoms with Crippen molar-refractivity contribution >= 4 is 10.0 Å². The largest absolute Gasteiger partial charge is 0.320 e. The Kier molecular flexibility index (Phi) is 4.01. The molecular formula is C10H13N3O2S. The van der Waals surface area contributed by atoms with Gasteiger partial charge in [0.25, 0.3) is 0 Å². The second kappa shape index (κ2) is 5.07. The minimum Gasteiger partial charge on any atom is -0.320 e. The average molecular weight is 239 g/mol. The van der Waals surface area contributed by atoms with E-state index in [-0.39, 0.29) is 11.4 Å². The molecule has 5 nitrogen and oxygen atoms in total. The van der Waals surface area contributed by atoms with Crippen LogP contribution in [0.5, 0.6) is 0 Å². The van der Waals surface area contributed by atoms with Crippen LogP contribution in [0.4, 0.5) is 0 Å². The van der Waals surface area contributed by atoms with Gasteiger partial charge in [-0.3, -0.25) is 4.98 Å². The molecule has 0 saturated heterocycles. The van der Waals surface area contributed by atoms with Crippen molar-refractivity contribution in [2.45, 2.75) is 4.90 Å². The number of pyridine rings is 1. The van der Waals surface area contributed by atoms with Crippen molar-refractivity contribution in [3.8, 4) is 11.8 Å². The van der Waals surface area contributed by atoms with Gasteiger partial charge in [-0.1, -0.05) is 11.8 Å². The molecule has 0 aliphatic carbocycles. The monoisotopic (exact) mass is 239 g/mol. The maximum atomic E-state index is 11.8. The predicted octanol–water partition coefficient (Wildman–Crippen LogP) is -0.358. The Hall–Kier alpha value is -1.42. The lowest BCUT2D eigenvalue weighted by molar-refractivity contribution is 0.520. The summed E-state index contributed by atoms with van der Waals surface area (Å²) in [5.41, 5.74) is 5.76. The molecule has 0 aliphatic rings. The molecule has 1 rings (SSSR count). The van der Waals surface area contributed by atoms with Crippen molar-refractivity contribution in [3.05, 3.63) is 24.0 Å². The summed E-state index contributed by atoms with van der Waals surface area (Å²) in [6.07, 6.45) is 2.79. The predicted molar refractivity (Wildman–Crippen MR) is 61.0 cm³/mol. The smallest absolute Gasteiger partial charge is 0.244 e. The molecule has 1 aromatic heterocycles. The molecule has 0 bridgehead atoms. The minimum atomic E-state index is -3.45. The molecule has 0 aromatic carbocycles. The lowest BCUT2D eigenvalue weighted by atomic mass is 10.3. The molecule has 16 heavy (non-hydrogen) atoms. The van der Waals surface area contributed by atoms with Crippen LogP contribution in [0.1, 0.15) is 5.56 Å². The summed E-state index contributed by atoms with van der Waals surface area (Å²) >= 11 is 0. The van der Waals surface area contributed by atoms with Crippen LogP contribution in [-0.2, 0) is 10.0 Å². The molecule has 2 N–H and O–H groups in total. The van der Waals surface area contributed by atoms with Crippen molar-refractivity contribution in [2.24, 2.45) is 5.73 Å². The fourth-order valence-electron chi connectivity index (χ4n) is 0.992. The third kappa shape index (κ3) is 2.79. The molecule has 86 valence electrons. The molecule has 0 atom stereocenters. The summed E-state index contributed by atoms with van der Waals surface area (Å²) in [5, 5.41) is 0. The molecule has 0 radical (unpaired) electrons. The van der Waals surface area contributed by atoms with Gasteiger partial charge in [0.15, 0.2) is 0 Å². The van der Waals surface area contributed by atoms with E-state index in [4.69, 9.17) is 5.73 Å². The van der Waals surface area contributed by atoms with Crippen LogP contribution in [0.3, 0.4) is 0 Å². The maximum absolute atomic E-state index is 11.8. The third-order valence-corrected chi connectivity index (χ3v) is 3.61. The Bertz CT molecular complexity index is 526. The van der Waals surface area contributed by atoms with Crippen LogP contribution in [0.2, 0.25) is 0 Å². The van der Waals surface area contributed by atoms with Gasteiger partial charge in [0.1, 0.15) is 4.90 Å². The van der Waals surface area contributed by atoms with E-state index in [0.717, 1.165) is 4.31 Å². The summed E-state index contributed by atoms with van der Waals surface area (Å²) in [6, 6.07) is 1.48. The standard InChI is InChI=1S/C10H13N3O2S/c1-13(2)16(14,15)10-6-9(4-3-5-11)7-12-8-10/h6-8H,5,11H2,1-2H3. The maximum Gasteiger partial charge on any atom is 0.244 e. The van der Waals surface area contributed by atoms with Crippen molar-refractivity contribution in [3.63, 3.8) is 0 Å². The highest BCUT2D eigenvalue weighted by Crippen LogP contribution is 2.12. The highest BCUT2D eigenvalue weighted by atomic mass is 32.2. The Morgan fingerprint density at radius 1 is 1.44 bits per heavy atom. The zero-order valence-electron chi connectivity index (χ0n) is 9.14.